The summed E-state index contributed by atoms with van der Waals surface area (Å²) in [5.41, 5.74) is 2.81. The van der Waals surface area contributed by atoms with E-state index in [1.54, 1.807) is 0 Å². The highest BCUT2D eigenvalue weighted by Gasteiger charge is 2.31. The molecule has 0 aromatic heterocycles. The first-order chi connectivity index (χ1) is 10.2. The van der Waals surface area contributed by atoms with Crippen molar-refractivity contribution in [1.29, 1.82) is 0 Å². The van der Waals surface area contributed by atoms with Crippen LogP contribution in [0.5, 0.6) is 0 Å². The van der Waals surface area contributed by atoms with Crippen LogP contribution in [-0.2, 0) is 0 Å². The highest BCUT2D eigenvalue weighted by atomic mass is 79.9. The number of nitrogens with one attached hydrogen (secondary N) is 1. The predicted molar refractivity (Wildman–Crippen MR) is 93.0 cm³/mol. The topological polar surface area (TPSA) is 18.5 Å². The van der Waals surface area contributed by atoms with Gasteiger partial charge >= 0.3 is 0 Å². The summed E-state index contributed by atoms with van der Waals surface area (Å²) in [6.07, 6.45) is 2.83. The monoisotopic (exact) mass is 351 g/mol. The molecule has 2 aliphatic rings. The van der Waals surface area contributed by atoms with Crippen LogP contribution in [0.2, 0.25) is 0 Å². The maximum absolute atomic E-state index is 3.64. The Morgan fingerprint density at radius 2 is 1.95 bits per heavy atom. The maximum Gasteiger partial charge on any atom is 0.0426 e. The zero-order valence-electron chi connectivity index (χ0n) is 13.1. The van der Waals surface area contributed by atoms with Crippen LogP contribution in [0.3, 0.4) is 0 Å². The second-order valence-electron chi connectivity index (χ2n) is 6.24. The molecule has 3 nitrogen and oxygen atoms in total. The van der Waals surface area contributed by atoms with Crippen LogP contribution in [0.1, 0.15) is 38.3 Å². The third-order valence-corrected chi connectivity index (χ3v) is 5.18. The molecule has 1 aliphatic carbocycles. The Labute approximate surface area is 136 Å². The van der Waals surface area contributed by atoms with Crippen LogP contribution in [0.15, 0.2) is 22.7 Å². The first kappa shape index (κ1) is 15.3. The van der Waals surface area contributed by atoms with Crippen molar-refractivity contribution in [2.75, 3.05) is 37.6 Å². The summed E-state index contributed by atoms with van der Waals surface area (Å²) in [5, 5.41) is 3.55. The van der Waals surface area contributed by atoms with E-state index in [-0.39, 0.29) is 0 Å². The Hall–Kier alpha value is -0.580. The number of hydrogen-bond donors (Lipinski definition) is 1. The highest BCUT2D eigenvalue weighted by Crippen LogP contribution is 2.32. The van der Waals surface area contributed by atoms with E-state index in [2.05, 4.69) is 63.1 Å². The van der Waals surface area contributed by atoms with Gasteiger partial charge in [-0.25, -0.2) is 0 Å². The van der Waals surface area contributed by atoms with Gasteiger partial charge in [0.05, 0.1) is 0 Å². The number of piperazine rings is 1. The van der Waals surface area contributed by atoms with E-state index in [9.17, 15) is 0 Å². The lowest BCUT2D eigenvalue weighted by Crippen LogP contribution is -2.47. The second-order valence-corrected chi connectivity index (χ2v) is 7.15. The van der Waals surface area contributed by atoms with E-state index < -0.39 is 0 Å². The fourth-order valence-corrected chi connectivity index (χ4v) is 3.69. The van der Waals surface area contributed by atoms with Gasteiger partial charge in [0, 0.05) is 48.4 Å². The molecule has 0 bridgehead atoms. The lowest BCUT2D eigenvalue weighted by molar-refractivity contribution is 0.248. The van der Waals surface area contributed by atoms with Gasteiger partial charge < -0.3 is 10.2 Å². The van der Waals surface area contributed by atoms with Crippen molar-refractivity contribution in [3.05, 3.63) is 28.2 Å². The van der Waals surface area contributed by atoms with E-state index >= 15 is 0 Å². The van der Waals surface area contributed by atoms with Crippen molar-refractivity contribution < 1.29 is 0 Å². The molecule has 0 radical (unpaired) electrons. The molecule has 0 amide bonds. The quantitative estimate of drug-likeness (QED) is 0.876. The average Bonchev–Trinajstić information content (AvgIpc) is 3.32. The van der Waals surface area contributed by atoms with E-state index in [4.69, 9.17) is 0 Å². The van der Waals surface area contributed by atoms with Crippen LogP contribution in [0.25, 0.3) is 0 Å². The maximum atomic E-state index is 3.64. The summed E-state index contributed by atoms with van der Waals surface area (Å²) in [6, 6.07) is 8.01. The number of nitrogens with zero attached hydrogens (tertiary/aromatic N) is 2. The Balaban J connectivity index is 1.75. The molecule has 4 heteroatoms. The van der Waals surface area contributed by atoms with Gasteiger partial charge in [0.1, 0.15) is 0 Å². The van der Waals surface area contributed by atoms with E-state index in [0.717, 1.165) is 25.7 Å². The van der Waals surface area contributed by atoms with E-state index in [1.807, 2.05) is 0 Å². The van der Waals surface area contributed by atoms with Crippen molar-refractivity contribution in [1.82, 2.24) is 10.2 Å². The Kier molecular flexibility index (Phi) is 4.87. The van der Waals surface area contributed by atoms with Gasteiger partial charge in [0.25, 0.3) is 0 Å². The smallest absolute Gasteiger partial charge is 0.0426 e. The zero-order chi connectivity index (χ0) is 14.8. The molecular formula is C17H26BrN3. The van der Waals surface area contributed by atoms with Crippen LogP contribution in [-0.4, -0.2) is 43.7 Å². The normalized spacial score (nSPS) is 21.6. The highest BCUT2D eigenvalue weighted by molar-refractivity contribution is 9.10. The van der Waals surface area contributed by atoms with Crippen LogP contribution >= 0.6 is 15.9 Å². The van der Waals surface area contributed by atoms with Gasteiger partial charge in [-0.1, -0.05) is 28.9 Å². The molecule has 0 spiro atoms. The molecule has 1 heterocycles. The molecule has 2 fully saturated rings. The fourth-order valence-electron chi connectivity index (χ4n) is 3.34. The van der Waals surface area contributed by atoms with Crippen molar-refractivity contribution in [2.45, 2.75) is 38.8 Å². The number of benzene rings is 1. The molecule has 116 valence electrons. The lowest BCUT2D eigenvalue weighted by Gasteiger charge is -2.38. The molecule has 1 atom stereocenters. The third-order valence-electron chi connectivity index (χ3n) is 4.69. The molecule has 1 saturated heterocycles. The fraction of sp³-hybridized carbons (Fsp3) is 0.647. The van der Waals surface area contributed by atoms with Crippen molar-refractivity contribution in [2.24, 2.45) is 0 Å². The standard InChI is InChI=1S/C17H26BrN3/c1-3-19-13(2)16-7-4-14(18)12-17(16)21-10-8-20(9-11-21)15-5-6-15/h4,7,12-13,15,19H,3,5-6,8-11H2,1-2H3. The van der Waals surface area contributed by atoms with E-state index in [1.165, 1.54) is 41.7 Å². The van der Waals surface area contributed by atoms with Gasteiger partial charge in [0.2, 0.25) is 0 Å². The summed E-state index contributed by atoms with van der Waals surface area (Å²) in [7, 11) is 0. The molecule has 1 aromatic carbocycles. The number of halogens is 1. The van der Waals surface area contributed by atoms with Gasteiger partial charge in [0.15, 0.2) is 0 Å². The molecule has 21 heavy (non-hydrogen) atoms. The first-order valence-corrected chi connectivity index (χ1v) is 9.00. The minimum atomic E-state index is 0.402. The second kappa shape index (κ2) is 6.67. The van der Waals surface area contributed by atoms with Crippen molar-refractivity contribution >= 4 is 21.6 Å². The summed E-state index contributed by atoms with van der Waals surface area (Å²) >= 11 is 3.64. The molecule has 1 aromatic rings. The average molecular weight is 352 g/mol. The van der Waals surface area contributed by atoms with E-state index in [0.29, 0.717) is 6.04 Å². The summed E-state index contributed by atoms with van der Waals surface area (Å²) in [6.45, 7) is 10.2. The molecule has 1 aliphatic heterocycles. The Morgan fingerprint density at radius 3 is 2.57 bits per heavy atom. The van der Waals surface area contributed by atoms with Crippen molar-refractivity contribution in [3.63, 3.8) is 0 Å². The lowest BCUT2D eigenvalue weighted by atomic mass is 10.0. The number of hydrogen-bond acceptors (Lipinski definition) is 3. The van der Waals surface area contributed by atoms with Gasteiger partial charge in [-0.05, 0) is 44.0 Å². The van der Waals surface area contributed by atoms with Crippen molar-refractivity contribution in [3.8, 4) is 0 Å². The molecule has 3 rings (SSSR count). The third kappa shape index (κ3) is 3.61. The minimum Gasteiger partial charge on any atom is -0.369 e. The number of rotatable bonds is 5. The van der Waals surface area contributed by atoms with Gasteiger partial charge in [-0.15, -0.1) is 0 Å². The largest absolute Gasteiger partial charge is 0.369 e. The molecule has 1 N–H and O–H groups in total. The van der Waals surface area contributed by atoms with Crippen LogP contribution < -0.4 is 10.2 Å². The Bertz CT molecular complexity index is 479. The predicted octanol–water partition coefficient (Wildman–Crippen LogP) is 3.40. The SMILES string of the molecule is CCNC(C)c1ccc(Br)cc1N1CCN(C2CC2)CC1. The summed E-state index contributed by atoms with van der Waals surface area (Å²) < 4.78 is 1.18. The Morgan fingerprint density at radius 1 is 1.24 bits per heavy atom. The van der Waals surface area contributed by atoms with Gasteiger partial charge in [-0.2, -0.15) is 0 Å². The summed E-state index contributed by atoms with van der Waals surface area (Å²) in [5.74, 6) is 0. The summed E-state index contributed by atoms with van der Waals surface area (Å²) in [4.78, 5) is 5.23. The molecule has 1 unspecified atom stereocenters. The number of anilines is 1. The minimum absolute atomic E-state index is 0.402. The van der Waals surface area contributed by atoms with Crippen LogP contribution in [0, 0.1) is 0 Å². The molecular weight excluding hydrogens is 326 g/mol. The zero-order valence-corrected chi connectivity index (χ0v) is 14.7. The van der Waals surface area contributed by atoms with Crippen LogP contribution in [0.4, 0.5) is 5.69 Å². The van der Waals surface area contributed by atoms with Gasteiger partial charge in [-0.3, -0.25) is 4.90 Å². The molecule has 1 saturated carbocycles. The first-order valence-electron chi connectivity index (χ1n) is 8.21.